The van der Waals surface area contributed by atoms with E-state index in [1.807, 2.05) is 6.92 Å². The fraction of sp³-hybridized carbons (Fsp3) is 0.353. The van der Waals surface area contributed by atoms with E-state index in [2.05, 4.69) is 10.6 Å². The second-order valence-corrected chi connectivity index (χ2v) is 5.44. The van der Waals surface area contributed by atoms with Crippen LogP contribution in [0.3, 0.4) is 0 Å². The van der Waals surface area contributed by atoms with E-state index in [0.717, 1.165) is 12.8 Å². The summed E-state index contributed by atoms with van der Waals surface area (Å²) in [5.74, 6) is -1.27. The summed E-state index contributed by atoms with van der Waals surface area (Å²) in [7, 11) is 0. The Morgan fingerprint density at radius 2 is 2.08 bits per heavy atom. The molecular weight excluding hydrogens is 328 g/mol. The number of unbranched alkanes of at least 4 members (excludes halogenated alkanes) is 1. The molecule has 8 nitrogen and oxygen atoms in total. The largest absolute Gasteiger partial charge is 0.508 e. The van der Waals surface area contributed by atoms with Crippen molar-refractivity contribution < 1.29 is 28.6 Å². The summed E-state index contributed by atoms with van der Waals surface area (Å²) in [6, 6.07) is 3.94. The Morgan fingerprint density at radius 3 is 2.84 bits per heavy atom. The second kappa shape index (κ2) is 8.72. The first-order valence-corrected chi connectivity index (χ1v) is 7.92. The molecular formula is C17H20N2O6. The molecule has 0 fully saturated rings. The zero-order chi connectivity index (χ0) is 18.2. The first-order chi connectivity index (χ1) is 12.0. The zero-order valence-corrected chi connectivity index (χ0v) is 13.8. The van der Waals surface area contributed by atoms with Crippen LogP contribution in [0.5, 0.6) is 5.75 Å². The molecule has 0 saturated carbocycles. The number of carbonyl (C=O) groups is 3. The number of amides is 3. The van der Waals surface area contributed by atoms with Gasteiger partial charge in [-0.3, -0.25) is 14.9 Å². The number of ether oxygens (including phenoxy) is 1. The second-order valence-electron chi connectivity index (χ2n) is 5.44. The first-order valence-electron chi connectivity index (χ1n) is 7.92. The topological polar surface area (TPSA) is 118 Å². The number of carbonyl (C=O) groups excluding carboxylic acids is 3. The molecule has 0 aliphatic heterocycles. The maximum atomic E-state index is 11.8. The lowest BCUT2D eigenvalue weighted by atomic mass is 10.1. The maximum absolute atomic E-state index is 11.8. The number of aromatic hydroxyl groups is 1. The molecule has 0 saturated heterocycles. The highest BCUT2D eigenvalue weighted by Gasteiger charge is 2.14. The van der Waals surface area contributed by atoms with Crippen LogP contribution in [0.2, 0.25) is 0 Å². The van der Waals surface area contributed by atoms with E-state index in [9.17, 15) is 19.5 Å². The summed E-state index contributed by atoms with van der Waals surface area (Å²) >= 11 is 0. The van der Waals surface area contributed by atoms with Crippen LogP contribution in [-0.4, -0.2) is 36.2 Å². The van der Waals surface area contributed by atoms with Crippen LogP contribution in [0.1, 0.15) is 25.3 Å². The number of imide groups is 1. The minimum atomic E-state index is -0.704. The number of phenols is 1. The van der Waals surface area contributed by atoms with Gasteiger partial charge in [0.15, 0.2) is 6.61 Å². The summed E-state index contributed by atoms with van der Waals surface area (Å²) in [5.41, 5.74) is 1.03. The molecule has 2 rings (SSSR count). The maximum Gasteiger partial charge on any atom is 0.321 e. The molecule has 8 heteroatoms. The molecule has 1 aromatic carbocycles. The quantitative estimate of drug-likeness (QED) is 0.519. The highest BCUT2D eigenvalue weighted by molar-refractivity contribution is 5.95. The van der Waals surface area contributed by atoms with E-state index in [1.165, 1.54) is 18.4 Å². The van der Waals surface area contributed by atoms with Crippen molar-refractivity contribution in [3.8, 4) is 5.75 Å². The Balaban J connectivity index is 1.78. The number of nitrogens with one attached hydrogen (secondary N) is 2. The van der Waals surface area contributed by atoms with Gasteiger partial charge in [-0.15, -0.1) is 0 Å². The van der Waals surface area contributed by atoms with Gasteiger partial charge in [-0.2, -0.15) is 0 Å². The van der Waals surface area contributed by atoms with Crippen molar-refractivity contribution in [3.05, 3.63) is 30.0 Å². The van der Waals surface area contributed by atoms with Gasteiger partial charge in [0.2, 0.25) is 0 Å². The molecule has 0 spiro atoms. The molecule has 1 heterocycles. The van der Waals surface area contributed by atoms with Crippen LogP contribution in [0, 0.1) is 0 Å². The minimum absolute atomic E-state index is 0.0601. The monoisotopic (exact) mass is 348 g/mol. The first kappa shape index (κ1) is 18.3. The van der Waals surface area contributed by atoms with Gasteiger partial charge in [0.05, 0.1) is 12.7 Å². The van der Waals surface area contributed by atoms with Crippen LogP contribution < -0.4 is 10.6 Å². The van der Waals surface area contributed by atoms with Crippen molar-refractivity contribution >= 4 is 28.9 Å². The van der Waals surface area contributed by atoms with Gasteiger partial charge in [0.25, 0.3) is 5.91 Å². The van der Waals surface area contributed by atoms with Gasteiger partial charge in [0, 0.05) is 23.6 Å². The van der Waals surface area contributed by atoms with Gasteiger partial charge in [0.1, 0.15) is 11.3 Å². The molecule has 2 aromatic rings. The molecule has 3 amide bonds. The van der Waals surface area contributed by atoms with Crippen molar-refractivity contribution in [1.82, 2.24) is 10.6 Å². The third-order valence-electron chi connectivity index (χ3n) is 3.41. The molecule has 3 N–H and O–H groups in total. The fourth-order valence-electron chi connectivity index (χ4n) is 2.15. The summed E-state index contributed by atoms with van der Waals surface area (Å²) in [6.45, 7) is 1.91. The van der Waals surface area contributed by atoms with Crippen molar-refractivity contribution in [2.45, 2.75) is 26.2 Å². The lowest BCUT2D eigenvalue weighted by Crippen LogP contribution is -2.41. The van der Waals surface area contributed by atoms with Gasteiger partial charge in [-0.1, -0.05) is 13.3 Å². The fourth-order valence-corrected chi connectivity index (χ4v) is 2.15. The molecule has 134 valence electrons. The van der Waals surface area contributed by atoms with Crippen LogP contribution in [0.4, 0.5) is 4.79 Å². The standard InChI is InChI=1S/C17H20N2O6/c1-2-3-6-18-17(23)19-15(21)10-25-16(22)7-11-9-24-14-8-12(20)4-5-13(11)14/h4-5,8-9,20H,2-3,6-7,10H2,1H3,(H2,18,19,21,23). The van der Waals surface area contributed by atoms with Crippen molar-refractivity contribution in [3.63, 3.8) is 0 Å². The molecule has 0 unspecified atom stereocenters. The van der Waals surface area contributed by atoms with Crippen LogP contribution >= 0.6 is 0 Å². The van der Waals surface area contributed by atoms with Crippen molar-refractivity contribution in [2.75, 3.05) is 13.2 Å². The number of hydrogen-bond donors (Lipinski definition) is 3. The van der Waals surface area contributed by atoms with Gasteiger partial charge in [-0.05, 0) is 18.6 Å². The van der Waals surface area contributed by atoms with E-state index >= 15 is 0 Å². The van der Waals surface area contributed by atoms with Gasteiger partial charge < -0.3 is 19.6 Å². The molecule has 0 radical (unpaired) electrons. The minimum Gasteiger partial charge on any atom is -0.508 e. The number of furan rings is 1. The van der Waals surface area contributed by atoms with Crippen molar-refractivity contribution in [1.29, 1.82) is 0 Å². The smallest absolute Gasteiger partial charge is 0.321 e. The van der Waals surface area contributed by atoms with E-state index in [1.54, 1.807) is 6.07 Å². The third kappa shape index (κ3) is 5.52. The zero-order valence-electron chi connectivity index (χ0n) is 13.8. The lowest BCUT2D eigenvalue weighted by molar-refractivity contribution is -0.147. The highest BCUT2D eigenvalue weighted by Crippen LogP contribution is 2.25. The SMILES string of the molecule is CCCCNC(=O)NC(=O)COC(=O)Cc1coc2cc(O)ccc12. The molecule has 0 atom stereocenters. The van der Waals surface area contributed by atoms with E-state index in [-0.39, 0.29) is 12.2 Å². The number of phenolic OH excluding ortho intramolecular Hbond substituents is 1. The number of rotatable bonds is 7. The van der Waals surface area contributed by atoms with Gasteiger partial charge in [-0.25, -0.2) is 4.79 Å². The van der Waals surface area contributed by atoms with Crippen LogP contribution in [0.25, 0.3) is 11.0 Å². The lowest BCUT2D eigenvalue weighted by Gasteiger charge is -2.07. The normalized spacial score (nSPS) is 10.4. The Labute approximate surface area is 144 Å². The van der Waals surface area contributed by atoms with Crippen LogP contribution in [-0.2, 0) is 20.7 Å². The van der Waals surface area contributed by atoms with Crippen molar-refractivity contribution in [2.24, 2.45) is 0 Å². The summed E-state index contributed by atoms with van der Waals surface area (Å²) < 4.78 is 10.1. The molecule has 0 aliphatic carbocycles. The van der Waals surface area contributed by atoms with Gasteiger partial charge >= 0.3 is 12.0 Å². The average Bonchev–Trinajstić information content (AvgIpc) is 2.95. The highest BCUT2D eigenvalue weighted by atomic mass is 16.5. The molecule has 25 heavy (non-hydrogen) atoms. The Bertz CT molecular complexity index is 768. The van der Waals surface area contributed by atoms with Crippen LogP contribution in [0.15, 0.2) is 28.9 Å². The Hall–Kier alpha value is -3.03. The predicted molar refractivity (Wildman–Crippen MR) is 89.0 cm³/mol. The molecule has 1 aromatic heterocycles. The van der Waals surface area contributed by atoms with E-state index in [4.69, 9.17) is 9.15 Å². The number of hydrogen-bond acceptors (Lipinski definition) is 6. The number of fused-ring (bicyclic) bond motifs is 1. The summed E-state index contributed by atoms with van der Waals surface area (Å²) in [6.07, 6.45) is 3.04. The molecule has 0 aliphatic rings. The van der Waals surface area contributed by atoms with E-state index in [0.29, 0.717) is 23.1 Å². The Morgan fingerprint density at radius 1 is 1.28 bits per heavy atom. The third-order valence-corrected chi connectivity index (χ3v) is 3.41. The van der Waals surface area contributed by atoms with E-state index < -0.39 is 24.5 Å². The molecule has 0 bridgehead atoms. The number of esters is 1. The summed E-state index contributed by atoms with van der Waals surface area (Å²) in [4.78, 5) is 34.8. The summed E-state index contributed by atoms with van der Waals surface area (Å²) in [5, 5.41) is 14.6. The predicted octanol–water partition coefficient (Wildman–Crippen LogP) is 1.85. The number of urea groups is 1. The average molecular weight is 348 g/mol. The Kier molecular flexibility index (Phi) is 6.39. The number of benzene rings is 1.